The quantitative estimate of drug-likeness (QED) is 0.349. The first-order chi connectivity index (χ1) is 15.8. The third-order valence-electron chi connectivity index (χ3n) is 4.96. The van der Waals surface area contributed by atoms with E-state index in [4.69, 9.17) is 4.42 Å². The first-order valence-corrected chi connectivity index (χ1v) is 11.2. The number of aryl methyl sites for hydroxylation is 1. The van der Waals surface area contributed by atoms with Gasteiger partial charge in [-0.2, -0.15) is 5.10 Å². The monoisotopic (exact) mass is 441 g/mol. The number of rotatable bonds is 7. The van der Waals surface area contributed by atoms with Crippen LogP contribution in [0.1, 0.15) is 11.3 Å². The number of hydrogen-bond acceptors (Lipinski definition) is 7. The summed E-state index contributed by atoms with van der Waals surface area (Å²) in [6.45, 7) is 0.358. The Morgan fingerprint density at radius 2 is 1.66 bits per heavy atom. The van der Waals surface area contributed by atoms with Crippen molar-refractivity contribution in [3.05, 3.63) is 101 Å². The molecule has 158 valence electrons. The molecule has 0 saturated carbocycles. The van der Waals surface area contributed by atoms with E-state index in [2.05, 4.69) is 20.3 Å². The van der Waals surface area contributed by atoms with Gasteiger partial charge in [0.2, 0.25) is 0 Å². The van der Waals surface area contributed by atoms with Crippen LogP contribution in [0.25, 0.3) is 22.4 Å². The van der Waals surface area contributed by atoms with E-state index in [1.807, 2.05) is 66.7 Å². The lowest BCUT2D eigenvalue weighted by atomic mass is 10.1. The summed E-state index contributed by atoms with van der Waals surface area (Å²) in [5, 5.41) is 14.7. The van der Waals surface area contributed by atoms with E-state index in [0.29, 0.717) is 34.1 Å². The number of nitrogens with zero attached hydrogens (tertiary/aromatic N) is 5. The van der Waals surface area contributed by atoms with E-state index in [0.717, 1.165) is 23.4 Å². The van der Waals surface area contributed by atoms with Crippen LogP contribution in [0.3, 0.4) is 0 Å². The van der Waals surface area contributed by atoms with E-state index < -0.39 is 0 Å². The van der Waals surface area contributed by atoms with Gasteiger partial charge in [0.1, 0.15) is 0 Å². The van der Waals surface area contributed by atoms with Crippen molar-refractivity contribution in [2.45, 2.75) is 18.2 Å². The standard InChI is InChI=1S/C24H19N5O2S/c30-23-20-12-5-4-11-19(20)21(28-29(23)16-17-8-2-1-3-9-17)22-26-27-24(31-22)32-15-13-18-10-6-7-14-25-18/h1-12,14H,13,15-16H2. The van der Waals surface area contributed by atoms with E-state index in [9.17, 15) is 4.79 Å². The molecule has 7 nitrogen and oxygen atoms in total. The van der Waals surface area contributed by atoms with Gasteiger partial charge in [-0.15, -0.1) is 10.2 Å². The molecule has 5 rings (SSSR count). The van der Waals surface area contributed by atoms with Crippen molar-refractivity contribution in [1.82, 2.24) is 25.0 Å². The molecule has 0 N–H and O–H groups in total. The Morgan fingerprint density at radius 1 is 0.875 bits per heavy atom. The lowest BCUT2D eigenvalue weighted by Crippen LogP contribution is -2.24. The van der Waals surface area contributed by atoms with Gasteiger partial charge in [0.05, 0.1) is 11.9 Å². The Morgan fingerprint density at radius 3 is 2.47 bits per heavy atom. The molecule has 3 aromatic heterocycles. The smallest absolute Gasteiger partial charge is 0.276 e. The maximum atomic E-state index is 13.0. The number of thioether (sulfide) groups is 1. The summed E-state index contributed by atoms with van der Waals surface area (Å²) < 4.78 is 7.35. The first-order valence-electron chi connectivity index (χ1n) is 10.2. The van der Waals surface area contributed by atoms with Gasteiger partial charge in [0.15, 0.2) is 5.69 Å². The third kappa shape index (κ3) is 4.31. The predicted molar refractivity (Wildman–Crippen MR) is 124 cm³/mol. The van der Waals surface area contributed by atoms with Crippen LogP contribution in [0, 0.1) is 0 Å². The highest BCUT2D eigenvalue weighted by atomic mass is 32.2. The van der Waals surface area contributed by atoms with E-state index in [1.165, 1.54) is 16.4 Å². The summed E-state index contributed by atoms with van der Waals surface area (Å²) in [5.74, 6) is 1.06. The zero-order valence-corrected chi connectivity index (χ0v) is 17.9. The fourth-order valence-electron chi connectivity index (χ4n) is 3.41. The minimum atomic E-state index is -0.155. The minimum absolute atomic E-state index is 0.155. The van der Waals surface area contributed by atoms with Crippen LogP contribution >= 0.6 is 11.8 Å². The predicted octanol–water partition coefficient (Wildman–Crippen LogP) is 4.22. The van der Waals surface area contributed by atoms with Crippen molar-refractivity contribution >= 4 is 22.5 Å². The summed E-state index contributed by atoms with van der Waals surface area (Å²) in [4.78, 5) is 17.3. The van der Waals surface area contributed by atoms with Crippen molar-refractivity contribution < 1.29 is 4.42 Å². The van der Waals surface area contributed by atoms with Crippen LogP contribution < -0.4 is 5.56 Å². The summed E-state index contributed by atoms with van der Waals surface area (Å²) in [6.07, 6.45) is 2.58. The van der Waals surface area contributed by atoms with Gasteiger partial charge in [-0.3, -0.25) is 9.78 Å². The van der Waals surface area contributed by atoms with Crippen molar-refractivity contribution in [3.63, 3.8) is 0 Å². The maximum Gasteiger partial charge on any atom is 0.276 e. The zero-order chi connectivity index (χ0) is 21.8. The van der Waals surface area contributed by atoms with Gasteiger partial charge in [0.25, 0.3) is 16.7 Å². The van der Waals surface area contributed by atoms with Crippen LogP contribution in [-0.2, 0) is 13.0 Å². The van der Waals surface area contributed by atoms with Gasteiger partial charge >= 0.3 is 0 Å². The fraction of sp³-hybridized carbons (Fsp3) is 0.125. The van der Waals surface area contributed by atoms with Gasteiger partial charge in [-0.25, -0.2) is 4.68 Å². The van der Waals surface area contributed by atoms with Crippen molar-refractivity contribution in [3.8, 4) is 11.6 Å². The SMILES string of the molecule is O=c1c2ccccc2c(-c2nnc(SCCc3ccccn3)o2)nn1Cc1ccccc1. The number of benzene rings is 2. The highest BCUT2D eigenvalue weighted by Gasteiger charge is 2.18. The summed E-state index contributed by atoms with van der Waals surface area (Å²) in [7, 11) is 0. The molecule has 0 unspecified atom stereocenters. The van der Waals surface area contributed by atoms with Crippen molar-refractivity contribution in [2.24, 2.45) is 0 Å². The van der Waals surface area contributed by atoms with E-state index >= 15 is 0 Å². The Kier molecular flexibility index (Phi) is 5.76. The number of aromatic nitrogens is 5. The number of fused-ring (bicyclic) bond motifs is 1. The molecule has 0 aliphatic rings. The molecule has 0 bridgehead atoms. The van der Waals surface area contributed by atoms with Crippen LogP contribution in [0.5, 0.6) is 0 Å². The van der Waals surface area contributed by atoms with Crippen LogP contribution in [0.15, 0.2) is 93.4 Å². The first kappa shape index (κ1) is 20.1. The molecule has 0 atom stereocenters. The van der Waals surface area contributed by atoms with Crippen molar-refractivity contribution in [1.29, 1.82) is 0 Å². The molecule has 8 heteroatoms. The van der Waals surface area contributed by atoms with E-state index in [1.54, 1.807) is 12.3 Å². The Hall–Kier alpha value is -3.78. The van der Waals surface area contributed by atoms with Crippen molar-refractivity contribution in [2.75, 3.05) is 5.75 Å². The molecule has 3 heterocycles. The van der Waals surface area contributed by atoms with E-state index in [-0.39, 0.29) is 5.56 Å². The average molecular weight is 442 g/mol. The maximum absolute atomic E-state index is 13.0. The highest BCUT2D eigenvalue weighted by Crippen LogP contribution is 2.27. The van der Waals surface area contributed by atoms with Gasteiger partial charge in [-0.1, -0.05) is 66.4 Å². The molecule has 0 amide bonds. The summed E-state index contributed by atoms with van der Waals surface area (Å²) >= 11 is 1.47. The van der Waals surface area contributed by atoms with Gasteiger partial charge < -0.3 is 4.42 Å². The molecule has 32 heavy (non-hydrogen) atoms. The molecule has 0 aliphatic heterocycles. The molecule has 0 saturated heterocycles. The van der Waals surface area contributed by atoms with Gasteiger partial charge in [-0.05, 0) is 30.2 Å². The second kappa shape index (κ2) is 9.15. The van der Waals surface area contributed by atoms with Gasteiger partial charge in [0, 0.05) is 23.0 Å². The zero-order valence-electron chi connectivity index (χ0n) is 17.1. The largest absolute Gasteiger partial charge is 0.410 e. The Labute approximate surface area is 188 Å². The lowest BCUT2D eigenvalue weighted by molar-refractivity contribution is 0.463. The summed E-state index contributed by atoms with van der Waals surface area (Å²) in [6, 6.07) is 23.0. The molecule has 0 radical (unpaired) electrons. The molecular formula is C24H19N5O2S. The van der Waals surface area contributed by atoms with Crippen LogP contribution in [0.2, 0.25) is 0 Å². The lowest BCUT2D eigenvalue weighted by Gasteiger charge is -2.09. The summed E-state index contributed by atoms with van der Waals surface area (Å²) in [5.41, 5.74) is 2.35. The molecule has 0 spiro atoms. The normalized spacial score (nSPS) is 11.1. The molecular weight excluding hydrogens is 422 g/mol. The molecule has 5 aromatic rings. The third-order valence-corrected chi connectivity index (χ3v) is 5.78. The number of pyridine rings is 1. The molecule has 0 aliphatic carbocycles. The minimum Gasteiger partial charge on any atom is -0.410 e. The Balaban J connectivity index is 1.44. The topological polar surface area (TPSA) is 86.7 Å². The fourth-order valence-corrected chi connectivity index (χ4v) is 4.13. The highest BCUT2D eigenvalue weighted by molar-refractivity contribution is 7.99. The number of hydrogen-bond donors (Lipinski definition) is 0. The second-order valence-electron chi connectivity index (χ2n) is 7.14. The average Bonchev–Trinajstić information content (AvgIpc) is 3.31. The van der Waals surface area contributed by atoms with Crippen LogP contribution in [-0.4, -0.2) is 30.7 Å². The van der Waals surface area contributed by atoms with Crippen LogP contribution in [0.4, 0.5) is 0 Å². The Bertz CT molecular complexity index is 1400. The molecule has 2 aromatic carbocycles. The second-order valence-corrected chi connectivity index (χ2v) is 8.18. The molecule has 0 fully saturated rings.